The van der Waals surface area contributed by atoms with E-state index in [1.165, 1.54) is 25.7 Å². The van der Waals surface area contributed by atoms with Crippen molar-refractivity contribution < 1.29 is 9.90 Å². The van der Waals surface area contributed by atoms with Crippen LogP contribution in [0.4, 0.5) is 0 Å². The molecule has 0 heterocycles. The number of phenolic OH excluding ortho intramolecular Hbond substituents is 1. The maximum atomic E-state index is 12.1. The van der Waals surface area contributed by atoms with Gasteiger partial charge in [-0.2, -0.15) is 0 Å². The second-order valence-corrected chi connectivity index (χ2v) is 5.50. The van der Waals surface area contributed by atoms with Crippen molar-refractivity contribution in [2.75, 3.05) is 0 Å². The van der Waals surface area contributed by atoms with Gasteiger partial charge in [0.15, 0.2) is 0 Å². The Morgan fingerprint density at radius 3 is 2.58 bits per heavy atom. The van der Waals surface area contributed by atoms with E-state index in [9.17, 15) is 9.90 Å². The number of hydrogen-bond acceptors (Lipinski definition) is 2. The van der Waals surface area contributed by atoms with Crippen molar-refractivity contribution in [2.45, 2.75) is 51.5 Å². The average Bonchev–Trinajstić information content (AvgIpc) is 2.42. The third kappa shape index (κ3) is 3.72. The Morgan fingerprint density at radius 2 is 1.95 bits per heavy atom. The van der Waals surface area contributed by atoms with E-state index in [1.54, 1.807) is 24.3 Å². The van der Waals surface area contributed by atoms with Crippen molar-refractivity contribution in [3.63, 3.8) is 0 Å². The first-order valence-corrected chi connectivity index (χ1v) is 7.29. The molecule has 0 spiro atoms. The lowest BCUT2D eigenvalue weighted by Crippen LogP contribution is -2.37. The predicted molar refractivity (Wildman–Crippen MR) is 76.2 cm³/mol. The van der Waals surface area contributed by atoms with Gasteiger partial charge in [-0.3, -0.25) is 4.79 Å². The van der Waals surface area contributed by atoms with Crippen molar-refractivity contribution in [1.82, 2.24) is 5.32 Å². The van der Waals surface area contributed by atoms with Crippen LogP contribution < -0.4 is 5.32 Å². The zero-order valence-corrected chi connectivity index (χ0v) is 11.6. The van der Waals surface area contributed by atoms with Gasteiger partial charge >= 0.3 is 0 Å². The number of rotatable bonds is 4. The molecule has 19 heavy (non-hydrogen) atoms. The Kier molecular flexibility index (Phi) is 4.83. The molecule has 1 saturated carbocycles. The van der Waals surface area contributed by atoms with Gasteiger partial charge < -0.3 is 10.4 Å². The molecular formula is C16H23NO2. The lowest BCUT2D eigenvalue weighted by molar-refractivity contribution is 0.0918. The van der Waals surface area contributed by atoms with Gasteiger partial charge in [0, 0.05) is 6.04 Å². The van der Waals surface area contributed by atoms with Gasteiger partial charge in [0.05, 0.1) is 5.56 Å². The summed E-state index contributed by atoms with van der Waals surface area (Å²) in [5, 5.41) is 12.7. The van der Waals surface area contributed by atoms with E-state index < -0.39 is 0 Å². The Balaban J connectivity index is 1.86. The predicted octanol–water partition coefficient (Wildman–Crippen LogP) is 3.48. The number of carbonyl (C=O) groups excluding carboxylic acids is 1. The Labute approximate surface area is 115 Å². The number of carbonyl (C=O) groups is 1. The molecule has 2 N–H and O–H groups in total. The summed E-state index contributed by atoms with van der Waals surface area (Å²) in [7, 11) is 0. The number of nitrogens with one attached hydrogen (secondary N) is 1. The van der Waals surface area contributed by atoms with Crippen LogP contribution in [0.2, 0.25) is 0 Å². The van der Waals surface area contributed by atoms with E-state index in [0.717, 1.165) is 18.8 Å². The number of para-hydroxylation sites is 1. The first-order chi connectivity index (χ1) is 9.20. The van der Waals surface area contributed by atoms with Crippen LogP contribution in [-0.4, -0.2) is 17.1 Å². The van der Waals surface area contributed by atoms with Crippen molar-refractivity contribution in [3.05, 3.63) is 29.8 Å². The molecule has 0 aromatic heterocycles. The van der Waals surface area contributed by atoms with E-state index in [2.05, 4.69) is 12.2 Å². The molecule has 1 aliphatic rings. The fourth-order valence-electron chi connectivity index (χ4n) is 2.93. The van der Waals surface area contributed by atoms with E-state index in [0.29, 0.717) is 5.56 Å². The van der Waals surface area contributed by atoms with Crippen molar-refractivity contribution in [1.29, 1.82) is 0 Å². The molecule has 1 fully saturated rings. The molecule has 0 aliphatic heterocycles. The summed E-state index contributed by atoms with van der Waals surface area (Å²) in [5.74, 6) is 0.736. The third-order valence-corrected chi connectivity index (χ3v) is 4.03. The Morgan fingerprint density at radius 1 is 1.26 bits per heavy atom. The fraction of sp³-hybridized carbons (Fsp3) is 0.562. The molecule has 1 aromatic carbocycles. The first kappa shape index (κ1) is 13.9. The van der Waals surface area contributed by atoms with Crippen LogP contribution in [0.25, 0.3) is 0 Å². The van der Waals surface area contributed by atoms with Crippen LogP contribution >= 0.6 is 0 Å². The number of benzene rings is 1. The van der Waals surface area contributed by atoms with Crippen LogP contribution in [0.3, 0.4) is 0 Å². The quantitative estimate of drug-likeness (QED) is 0.871. The Hall–Kier alpha value is -1.51. The summed E-state index contributed by atoms with van der Waals surface area (Å²) in [4.78, 5) is 12.1. The number of aromatic hydroxyl groups is 1. The summed E-state index contributed by atoms with van der Waals surface area (Å²) in [6.07, 6.45) is 7.09. The number of phenols is 1. The summed E-state index contributed by atoms with van der Waals surface area (Å²) < 4.78 is 0. The van der Waals surface area contributed by atoms with Crippen LogP contribution in [0.15, 0.2) is 24.3 Å². The highest BCUT2D eigenvalue weighted by Gasteiger charge is 2.22. The SMILES string of the molecule is CCCC1CCC(NC(=O)c2ccccc2O)CC1. The smallest absolute Gasteiger partial charge is 0.255 e. The summed E-state index contributed by atoms with van der Waals surface area (Å²) in [6.45, 7) is 2.23. The lowest BCUT2D eigenvalue weighted by atomic mass is 9.83. The largest absolute Gasteiger partial charge is 0.507 e. The first-order valence-electron chi connectivity index (χ1n) is 7.29. The van der Waals surface area contributed by atoms with Gasteiger partial charge in [-0.15, -0.1) is 0 Å². The van der Waals surface area contributed by atoms with E-state index in [4.69, 9.17) is 0 Å². The topological polar surface area (TPSA) is 49.3 Å². The van der Waals surface area contributed by atoms with Crippen molar-refractivity contribution >= 4 is 5.91 Å². The molecule has 1 aromatic rings. The second-order valence-electron chi connectivity index (χ2n) is 5.50. The Bertz CT molecular complexity index is 423. The van der Waals surface area contributed by atoms with Crippen molar-refractivity contribution in [3.8, 4) is 5.75 Å². The minimum absolute atomic E-state index is 0.0552. The van der Waals surface area contributed by atoms with Gasteiger partial charge in [0.2, 0.25) is 0 Å². The molecular weight excluding hydrogens is 238 g/mol. The highest BCUT2D eigenvalue weighted by molar-refractivity contribution is 5.96. The van der Waals surface area contributed by atoms with Crippen LogP contribution in [-0.2, 0) is 0 Å². The van der Waals surface area contributed by atoms with Gasteiger partial charge in [0.25, 0.3) is 5.91 Å². The van der Waals surface area contributed by atoms with Gasteiger partial charge in [-0.1, -0.05) is 31.9 Å². The molecule has 0 saturated heterocycles. The monoisotopic (exact) mass is 261 g/mol. The molecule has 0 bridgehead atoms. The second kappa shape index (κ2) is 6.60. The molecule has 104 valence electrons. The maximum absolute atomic E-state index is 12.1. The minimum atomic E-state index is -0.156. The van der Waals surface area contributed by atoms with Crippen LogP contribution in [0, 0.1) is 5.92 Å². The van der Waals surface area contributed by atoms with E-state index in [1.807, 2.05) is 0 Å². The molecule has 0 atom stereocenters. The molecule has 0 unspecified atom stereocenters. The van der Waals surface area contributed by atoms with Crippen LogP contribution in [0.5, 0.6) is 5.75 Å². The standard InChI is InChI=1S/C16H23NO2/c1-2-5-12-8-10-13(11-9-12)17-16(19)14-6-3-4-7-15(14)18/h3-4,6-7,12-13,18H,2,5,8-11H2,1H3,(H,17,19). The average molecular weight is 261 g/mol. The highest BCUT2D eigenvalue weighted by Crippen LogP contribution is 2.28. The van der Waals surface area contributed by atoms with Gasteiger partial charge in [0.1, 0.15) is 5.75 Å². The van der Waals surface area contributed by atoms with E-state index in [-0.39, 0.29) is 17.7 Å². The maximum Gasteiger partial charge on any atom is 0.255 e. The molecule has 3 nitrogen and oxygen atoms in total. The highest BCUT2D eigenvalue weighted by atomic mass is 16.3. The van der Waals surface area contributed by atoms with Crippen molar-refractivity contribution in [2.24, 2.45) is 5.92 Å². The number of hydrogen-bond donors (Lipinski definition) is 2. The molecule has 0 radical (unpaired) electrons. The minimum Gasteiger partial charge on any atom is -0.507 e. The zero-order chi connectivity index (χ0) is 13.7. The lowest BCUT2D eigenvalue weighted by Gasteiger charge is -2.29. The summed E-state index contributed by atoms with van der Waals surface area (Å²) in [6, 6.07) is 6.97. The molecule has 2 rings (SSSR count). The van der Waals surface area contributed by atoms with E-state index >= 15 is 0 Å². The van der Waals surface area contributed by atoms with Gasteiger partial charge in [-0.05, 0) is 43.7 Å². The molecule has 1 amide bonds. The number of amides is 1. The third-order valence-electron chi connectivity index (χ3n) is 4.03. The van der Waals surface area contributed by atoms with Crippen LogP contribution in [0.1, 0.15) is 55.8 Å². The normalized spacial score (nSPS) is 23.0. The summed E-state index contributed by atoms with van der Waals surface area (Å²) in [5.41, 5.74) is 0.373. The van der Waals surface area contributed by atoms with Gasteiger partial charge in [-0.25, -0.2) is 0 Å². The zero-order valence-electron chi connectivity index (χ0n) is 11.6. The molecule has 3 heteroatoms. The molecule has 1 aliphatic carbocycles. The fourth-order valence-corrected chi connectivity index (χ4v) is 2.93. The summed E-state index contributed by atoms with van der Waals surface area (Å²) >= 11 is 0.